The summed E-state index contributed by atoms with van der Waals surface area (Å²) >= 11 is 3.57. The van der Waals surface area contributed by atoms with Crippen molar-refractivity contribution in [1.82, 2.24) is 4.58 Å². The third kappa shape index (κ3) is 4.57. The zero-order valence-corrected chi connectivity index (χ0v) is 21.5. The molecule has 2 aliphatic rings. The van der Waals surface area contributed by atoms with E-state index >= 15 is 0 Å². The number of halogens is 2. The lowest BCUT2D eigenvalue weighted by Gasteiger charge is -2.22. The van der Waals surface area contributed by atoms with Gasteiger partial charge in [-0.05, 0) is 63.6 Å². The number of benzene rings is 3. The number of nitrogens with zero attached hydrogens (tertiary/aromatic N) is 2. The van der Waals surface area contributed by atoms with Gasteiger partial charge in [-0.1, -0.05) is 28.1 Å². The molecule has 1 heterocycles. The molecule has 0 radical (unpaired) electrons. The van der Waals surface area contributed by atoms with Gasteiger partial charge in [0.2, 0.25) is 5.36 Å². The van der Waals surface area contributed by atoms with Crippen LogP contribution in [-0.4, -0.2) is 26.2 Å². The molecule has 1 aliphatic carbocycles. The summed E-state index contributed by atoms with van der Waals surface area (Å²) in [5.41, 5.74) is 5.68. The minimum absolute atomic E-state index is 0. The van der Waals surface area contributed by atoms with Crippen molar-refractivity contribution in [3.63, 3.8) is 0 Å². The molecule has 2 aromatic carbocycles. The van der Waals surface area contributed by atoms with Crippen LogP contribution < -0.4 is 27.2 Å². The summed E-state index contributed by atoms with van der Waals surface area (Å²) < 4.78 is 9.96. The summed E-state index contributed by atoms with van der Waals surface area (Å²) in [6.45, 7) is 12.7. The van der Waals surface area contributed by atoms with E-state index < -0.39 is 0 Å². The van der Waals surface area contributed by atoms with E-state index in [2.05, 4.69) is 114 Å². The van der Waals surface area contributed by atoms with Gasteiger partial charge in [-0.3, -0.25) is 0 Å². The Balaban J connectivity index is 0.00000289. The van der Waals surface area contributed by atoms with Gasteiger partial charge in [-0.25, -0.2) is 4.58 Å². The third-order valence-electron chi connectivity index (χ3n) is 6.08. The molecular weight excluding hydrogens is 484 g/mol. The van der Waals surface area contributed by atoms with E-state index in [0.29, 0.717) is 0 Å². The van der Waals surface area contributed by atoms with E-state index in [1.54, 1.807) is 0 Å². The molecule has 3 nitrogen and oxygen atoms in total. The number of rotatable bonds is 6. The van der Waals surface area contributed by atoms with Gasteiger partial charge in [0.05, 0.1) is 6.07 Å². The molecule has 0 saturated carbocycles. The Labute approximate surface area is 205 Å². The highest BCUT2D eigenvalue weighted by Crippen LogP contribution is 2.41. The minimum Gasteiger partial charge on any atom is -1.00 e. The Morgan fingerprint density at radius 2 is 1.53 bits per heavy atom. The molecule has 0 bridgehead atoms. The van der Waals surface area contributed by atoms with Crippen LogP contribution >= 0.6 is 15.9 Å². The lowest BCUT2D eigenvalue weighted by molar-refractivity contribution is -0.00000671. The summed E-state index contributed by atoms with van der Waals surface area (Å²) in [5, 5.41) is 2.34. The molecule has 32 heavy (non-hydrogen) atoms. The maximum absolute atomic E-state index is 6.53. The standard InChI is InChI=1S/C27H30BrN2O.ClH/c1-5-29(6-2)21-13-15-23-25(17-21)31-26-18-22(30(7-3)8-4)14-16-24(26)27(23)19-9-11-20(28)12-10-19;/h9-18H,5-8H2,1-4H3;1H/q+1;/p-1. The van der Waals surface area contributed by atoms with Crippen molar-refractivity contribution in [1.29, 1.82) is 0 Å². The van der Waals surface area contributed by atoms with Crippen LogP contribution in [0.2, 0.25) is 0 Å². The first-order chi connectivity index (χ1) is 15.1. The van der Waals surface area contributed by atoms with Crippen molar-refractivity contribution < 1.29 is 16.8 Å². The Bertz CT molecular complexity index is 1240. The van der Waals surface area contributed by atoms with Crippen molar-refractivity contribution in [2.45, 2.75) is 27.7 Å². The monoisotopic (exact) mass is 512 g/mol. The molecule has 0 unspecified atom stereocenters. The zero-order valence-electron chi connectivity index (χ0n) is 19.2. The quantitative estimate of drug-likeness (QED) is 0.290. The topological polar surface area (TPSA) is 19.4 Å². The van der Waals surface area contributed by atoms with Crippen molar-refractivity contribution >= 4 is 32.6 Å². The molecule has 0 N–H and O–H groups in total. The van der Waals surface area contributed by atoms with Gasteiger partial charge in [0, 0.05) is 51.9 Å². The molecule has 2 aromatic rings. The van der Waals surface area contributed by atoms with Gasteiger partial charge in [0.15, 0.2) is 0 Å². The summed E-state index contributed by atoms with van der Waals surface area (Å²) in [7, 11) is 0. The van der Waals surface area contributed by atoms with Crippen molar-refractivity contribution in [3.05, 3.63) is 70.5 Å². The van der Waals surface area contributed by atoms with E-state index in [4.69, 9.17) is 4.42 Å². The highest BCUT2D eigenvalue weighted by Gasteiger charge is 2.19. The summed E-state index contributed by atoms with van der Waals surface area (Å²) in [5.74, 6) is 0.923. The maximum atomic E-state index is 6.53. The SMILES string of the molecule is CCN(CC)c1ccc2c(-c3ccc(Br)cc3)c3ccc(=[N+](CC)CC)cc-3oc2c1.[Cl-]. The lowest BCUT2D eigenvalue weighted by atomic mass is 9.93. The highest BCUT2D eigenvalue weighted by molar-refractivity contribution is 9.10. The average Bonchev–Trinajstić information content (AvgIpc) is 2.79. The Kier molecular flexibility index (Phi) is 8.02. The predicted octanol–water partition coefficient (Wildman–Crippen LogP) is 3.63. The smallest absolute Gasteiger partial charge is 0.203 e. The maximum Gasteiger partial charge on any atom is 0.203 e. The van der Waals surface area contributed by atoms with E-state index in [1.807, 2.05) is 0 Å². The Hall–Kier alpha value is -2.30. The molecule has 168 valence electrons. The van der Waals surface area contributed by atoms with E-state index in [9.17, 15) is 0 Å². The minimum atomic E-state index is 0. The van der Waals surface area contributed by atoms with E-state index in [-0.39, 0.29) is 12.4 Å². The van der Waals surface area contributed by atoms with Crippen molar-refractivity contribution in [2.75, 3.05) is 31.1 Å². The van der Waals surface area contributed by atoms with Crippen LogP contribution in [0.4, 0.5) is 5.69 Å². The number of hydrogen-bond donors (Lipinski definition) is 0. The second-order valence-corrected chi connectivity index (χ2v) is 8.61. The number of fused-ring (bicyclic) bond motifs is 2. The normalized spacial score (nSPS) is 10.9. The summed E-state index contributed by atoms with van der Waals surface area (Å²) in [6.07, 6.45) is 0. The van der Waals surface area contributed by atoms with Crippen LogP contribution in [0, 0.1) is 0 Å². The van der Waals surface area contributed by atoms with E-state index in [0.717, 1.165) is 52.9 Å². The Morgan fingerprint density at radius 1 is 0.844 bits per heavy atom. The molecule has 0 fully saturated rings. The number of hydrogen-bond acceptors (Lipinski definition) is 2. The molecule has 0 amide bonds. The predicted molar refractivity (Wildman–Crippen MR) is 136 cm³/mol. The van der Waals surface area contributed by atoms with Crippen LogP contribution in [0.3, 0.4) is 0 Å². The Morgan fingerprint density at radius 3 is 2.16 bits per heavy atom. The highest BCUT2D eigenvalue weighted by atomic mass is 79.9. The average molecular weight is 514 g/mol. The molecule has 5 heteroatoms. The second-order valence-electron chi connectivity index (χ2n) is 7.69. The van der Waals surface area contributed by atoms with Crippen LogP contribution in [0.1, 0.15) is 27.7 Å². The fourth-order valence-electron chi connectivity index (χ4n) is 4.37. The number of anilines is 1. The van der Waals surface area contributed by atoms with Gasteiger partial charge >= 0.3 is 0 Å². The van der Waals surface area contributed by atoms with Gasteiger partial charge in [0.25, 0.3) is 0 Å². The van der Waals surface area contributed by atoms with Crippen LogP contribution in [0.15, 0.2) is 69.6 Å². The molecule has 0 spiro atoms. The molecule has 4 rings (SSSR count). The van der Waals surface area contributed by atoms with Crippen molar-refractivity contribution in [2.24, 2.45) is 0 Å². The van der Waals surface area contributed by atoms with Crippen molar-refractivity contribution in [3.8, 4) is 22.5 Å². The van der Waals surface area contributed by atoms with Gasteiger partial charge in [-0.15, -0.1) is 0 Å². The largest absolute Gasteiger partial charge is 1.00 e. The van der Waals surface area contributed by atoms with Gasteiger partial charge in [-0.2, -0.15) is 0 Å². The molecular formula is C27H30BrClN2O. The first-order valence-electron chi connectivity index (χ1n) is 11.2. The zero-order chi connectivity index (χ0) is 22.0. The van der Waals surface area contributed by atoms with Crippen LogP contribution in [0.5, 0.6) is 0 Å². The fourth-order valence-corrected chi connectivity index (χ4v) is 4.63. The molecule has 1 aliphatic heterocycles. The first kappa shape index (κ1) is 24.3. The lowest BCUT2D eigenvalue weighted by Crippen LogP contribution is -3.00. The van der Waals surface area contributed by atoms with Crippen LogP contribution in [0.25, 0.3) is 33.4 Å². The molecule has 0 saturated heterocycles. The second kappa shape index (κ2) is 10.5. The fraction of sp³-hybridized carbons (Fsp3) is 0.296. The summed E-state index contributed by atoms with van der Waals surface area (Å²) in [6, 6.07) is 21.8. The van der Waals surface area contributed by atoms with Gasteiger partial charge in [0.1, 0.15) is 24.4 Å². The molecule has 0 atom stereocenters. The van der Waals surface area contributed by atoms with E-state index in [1.165, 1.54) is 22.2 Å². The summed E-state index contributed by atoms with van der Waals surface area (Å²) in [4.78, 5) is 2.35. The van der Waals surface area contributed by atoms with Gasteiger partial charge < -0.3 is 21.7 Å². The van der Waals surface area contributed by atoms with Crippen LogP contribution in [-0.2, 0) is 0 Å². The third-order valence-corrected chi connectivity index (χ3v) is 6.61. The first-order valence-corrected chi connectivity index (χ1v) is 12.0. The molecule has 0 aromatic heterocycles.